The molecule has 1 unspecified atom stereocenters. The molecular formula is C15H15Br2NO2. The number of para-hydroxylation sites is 1. The number of halogens is 2. The minimum absolute atomic E-state index is 0.253. The predicted octanol–water partition coefficient (Wildman–Crippen LogP) is 4.06. The molecule has 2 aromatic rings. The molecule has 2 rings (SSSR count). The normalized spacial score (nSPS) is 11.9. The number of anilines is 1. The van der Waals surface area contributed by atoms with Crippen molar-refractivity contribution in [2.45, 2.75) is 6.10 Å². The minimum atomic E-state index is -0.582. The van der Waals surface area contributed by atoms with Crippen molar-refractivity contribution in [3.05, 3.63) is 57.5 Å². The quantitative estimate of drug-likeness (QED) is 0.768. The summed E-state index contributed by atoms with van der Waals surface area (Å²) in [4.78, 5) is 0. The van der Waals surface area contributed by atoms with Crippen LogP contribution in [0.25, 0.3) is 0 Å². The van der Waals surface area contributed by atoms with Crippen molar-refractivity contribution < 1.29 is 9.84 Å². The SMILES string of the molecule is OC(CNc1cc(Br)ccc1Br)COc1ccccc1. The highest BCUT2D eigenvalue weighted by molar-refractivity contribution is 9.11. The predicted molar refractivity (Wildman–Crippen MR) is 88.3 cm³/mol. The van der Waals surface area contributed by atoms with Gasteiger partial charge in [-0.2, -0.15) is 0 Å². The fourth-order valence-corrected chi connectivity index (χ4v) is 2.38. The van der Waals surface area contributed by atoms with Crippen molar-refractivity contribution in [3.8, 4) is 5.75 Å². The lowest BCUT2D eigenvalue weighted by Gasteiger charge is -2.15. The zero-order valence-electron chi connectivity index (χ0n) is 10.7. The molecule has 2 aromatic carbocycles. The van der Waals surface area contributed by atoms with E-state index in [9.17, 15) is 5.11 Å². The fourth-order valence-electron chi connectivity index (χ4n) is 1.63. The monoisotopic (exact) mass is 399 g/mol. The van der Waals surface area contributed by atoms with E-state index in [0.29, 0.717) is 6.54 Å². The molecule has 20 heavy (non-hydrogen) atoms. The fraction of sp³-hybridized carbons (Fsp3) is 0.200. The van der Waals surface area contributed by atoms with E-state index in [0.717, 1.165) is 20.4 Å². The Morgan fingerprint density at radius 1 is 1.10 bits per heavy atom. The molecule has 1 atom stereocenters. The first kappa shape index (κ1) is 15.4. The van der Waals surface area contributed by atoms with E-state index in [1.54, 1.807) is 0 Å². The molecule has 0 aliphatic rings. The van der Waals surface area contributed by atoms with E-state index in [4.69, 9.17) is 4.74 Å². The summed E-state index contributed by atoms with van der Waals surface area (Å²) in [6.07, 6.45) is -0.582. The Kier molecular flexibility index (Phi) is 5.88. The van der Waals surface area contributed by atoms with Gasteiger partial charge in [0.05, 0.1) is 0 Å². The largest absolute Gasteiger partial charge is 0.491 e. The Morgan fingerprint density at radius 3 is 2.60 bits per heavy atom. The summed E-state index contributed by atoms with van der Waals surface area (Å²) in [7, 11) is 0. The van der Waals surface area contributed by atoms with Gasteiger partial charge in [-0.1, -0.05) is 34.1 Å². The van der Waals surface area contributed by atoms with E-state index in [1.807, 2.05) is 48.5 Å². The van der Waals surface area contributed by atoms with Crippen molar-refractivity contribution in [1.82, 2.24) is 0 Å². The summed E-state index contributed by atoms with van der Waals surface area (Å²) in [5.74, 6) is 0.759. The zero-order chi connectivity index (χ0) is 14.4. The number of aliphatic hydroxyl groups is 1. The molecule has 2 N–H and O–H groups in total. The molecule has 0 fully saturated rings. The molecule has 0 saturated carbocycles. The van der Waals surface area contributed by atoms with E-state index < -0.39 is 6.10 Å². The number of aliphatic hydroxyl groups excluding tert-OH is 1. The van der Waals surface area contributed by atoms with Crippen LogP contribution in [0.4, 0.5) is 5.69 Å². The van der Waals surface area contributed by atoms with Gasteiger partial charge < -0.3 is 15.2 Å². The van der Waals surface area contributed by atoms with Gasteiger partial charge in [-0.15, -0.1) is 0 Å². The summed E-state index contributed by atoms with van der Waals surface area (Å²) < 4.78 is 7.44. The Bertz CT molecular complexity index is 549. The second-order valence-electron chi connectivity index (χ2n) is 4.28. The van der Waals surface area contributed by atoms with Gasteiger partial charge in [0.25, 0.3) is 0 Å². The maximum Gasteiger partial charge on any atom is 0.119 e. The Balaban J connectivity index is 1.80. The molecule has 106 valence electrons. The molecule has 0 saturated heterocycles. The van der Waals surface area contributed by atoms with Crippen LogP contribution in [0.2, 0.25) is 0 Å². The van der Waals surface area contributed by atoms with Crippen molar-refractivity contribution in [1.29, 1.82) is 0 Å². The third-order valence-corrected chi connectivity index (χ3v) is 3.83. The second kappa shape index (κ2) is 7.67. The van der Waals surface area contributed by atoms with Gasteiger partial charge >= 0.3 is 0 Å². The van der Waals surface area contributed by atoms with Crippen molar-refractivity contribution in [2.75, 3.05) is 18.5 Å². The van der Waals surface area contributed by atoms with Crippen LogP contribution in [0.3, 0.4) is 0 Å². The number of hydrogen-bond donors (Lipinski definition) is 2. The highest BCUT2D eigenvalue weighted by Gasteiger charge is 2.07. The lowest BCUT2D eigenvalue weighted by atomic mass is 10.3. The average molecular weight is 401 g/mol. The molecule has 5 heteroatoms. The minimum Gasteiger partial charge on any atom is -0.491 e. The highest BCUT2D eigenvalue weighted by atomic mass is 79.9. The number of nitrogens with one attached hydrogen (secondary N) is 1. The summed E-state index contributed by atoms with van der Waals surface area (Å²) in [6, 6.07) is 15.3. The van der Waals surface area contributed by atoms with Crippen LogP contribution in [-0.2, 0) is 0 Å². The number of benzene rings is 2. The van der Waals surface area contributed by atoms with Crippen LogP contribution < -0.4 is 10.1 Å². The molecule has 0 heterocycles. The number of hydrogen-bond acceptors (Lipinski definition) is 3. The van der Waals surface area contributed by atoms with Crippen LogP contribution in [0.1, 0.15) is 0 Å². The van der Waals surface area contributed by atoms with Gasteiger partial charge in [0.15, 0.2) is 0 Å². The third-order valence-electron chi connectivity index (χ3n) is 2.64. The Labute approximate surface area is 135 Å². The molecule has 0 aliphatic heterocycles. The molecule has 3 nitrogen and oxygen atoms in total. The van der Waals surface area contributed by atoms with Crippen molar-refractivity contribution in [3.63, 3.8) is 0 Å². The van der Waals surface area contributed by atoms with E-state index in [-0.39, 0.29) is 6.61 Å². The van der Waals surface area contributed by atoms with E-state index in [1.165, 1.54) is 0 Å². The first-order valence-electron chi connectivity index (χ1n) is 6.20. The molecule has 0 radical (unpaired) electrons. The van der Waals surface area contributed by atoms with Gasteiger partial charge in [0.1, 0.15) is 18.5 Å². The molecule has 0 spiro atoms. The highest BCUT2D eigenvalue weighted by Crippen LogP contribution is 2.26. The summed E-state index contributed by atoms with van der Waals surface area (Å²) >= 11 is 6.88. The van der Waals surface area contributed by atoms with E-state index >= 15 is 0 Å². The first-order chi connectivity index (χ1) is 9.65. The second-order valence-corrected chi connectivity index (χ2v) is 6.05. The summed E-state index contributed by atoms with van der Waals surface area (Å²) in [5, 5.41) is 13.1. The topological polar surface area (TPSA) is 41.5 Å². The van der Waals surface area contributed by atoms with Crippen LogP contribution in [0.5, 0.6) is 5.75 Å². The van der Waals surface area contributed by atoms with Gasteiger partial charge in [-0.25, -0.2) is 0 Å². The molecule has 0 amide bonds. The summed E-state index contributed by atoms with van der Waals surface area (Å²) in [6.45, 7) is 0.671. The van der Waals surface area contributed by atoms with Gasteiger partial charge in [0.2, 0.25) is 0 Å². The van der Waals surface area contributed by atoms with Gasteiger partial charge in [-0.3, -0.25) is 0 Å². The van der Waals surface area contributed by atoms with Crippen molar-refractivity contribution >= 4 is 37.5 Å². The maximum atomic E-state index is 9.92. The summed E-state index contributed by atoms with van der Waals surface area (Å²) in [5.41, 5.74) is 0.929. The molecule has 0 aromatic heterocycles. The maximum absolute atomic E-state index is 9.92. The number of ether oxygens (including phenoxy) is 1. The van der Waals surface area contributed by atoms with Gasteiger partial charge in [0, 0.05) is 21.2 Å². The smallest absolute Gasteiger partial charge is 0.119 e. The number of rotatable bonds is 6. The van der Waals surface area contributed by atoms with Crippen LogP contribution >= 0.6 is 31.9 Å². The molecular weight excluding hydrogens is 386 g/mol. The lowest BCUT2D eigenvalue weighted by molar-refractivity contribution is 0.117. The molecule has 0 bridgehead atoms. The lowest BCUT2D eigenvalue weighted by Crippen LogP contribution is -2.26. The van der Waals surface area contributed by atoms with Crippen LogP contribution in [0.15, 0.2) is 57.5 Å². The molecule has 0 aliphatic carbocycles. The Morgan fingerprint density at radius 2 is 1.85 bits per heavy atom. The van der Waals surface area contributed by atoms with Crippen LogP contribution in [-0.4, -0.2) is 24.4 Å². The average Bonchev–Trinajstić information content (AvgIpc) is 2.47. The standard InChI is InChI=1S/C15H15Br2NO2/c16-11-6-7-14(17)15(8-11)18-9-12(19)10-20-13-4-2-1-3-5-13/h1-8,12,18-19H,9-10H2. The van der Waals surface area contributed by atoms with Gasteiger partial charge in [-0.05, 0) is 46.3 Å². The van der Waals surface area contributed by atoms with Crippen LogP contribution in [0, 0.1) is 0 Å². The first-order valence-corrected chi connectivity index (χ1v) is 7.78. The van der Waals surface area contributed by atoms with Crippen molar-refractivity contribution in [2.24, 2.45) is 0 Å². The zero-order valence-corrected chi connectivity index (χ0v) is 13.9. The third kappa shape index (κ3) is 4.81. The Hall–Kier alpha value is -1.04. The van der Waals surface area contributed by atoms with E-state index in [2.05, 4.69) is 37.2 Å².